The number of aromatic hydroxyl groups is 1. The summed E-state index contributed by atoms with van der Waals surface area (Å²) in [5.74, 6) is -5.61. The maximum absolute atomic E-state index is 13.3. The lowest BCUT2D eigenvalue weighted by molar-refractivity contribution is -0.101. The Kier molecular flexibility index (Phi) is 4.43. The van der Waals surface area contributed by atoms with Gasteiger partial charge in [0.25, 0.3) is 5.91 Å². The van der Waals surface area contributed by atoms with Crippen LogP contribution in [0.15, 0.2) is 27.4 Å². The van der Waals surface area contributed by atoms with Crippen molar-refractivity contribution in [3.8, 4) is 5.75 Å². The van der Waals surface area contributed by atoms with Crippen molar-refractivity contribution in [1.29, 1.82) is 0 Å². The summed E-state index contributed by atoms with van der Waals surface area (Å²) in [6.45, 7) is -0.293. The fourth-order valence-corrected chi connectivity index (χ4v) is 2.91. The van der Waals surface area contributed by atoms with Gasteiger partial charge in [0.15, 0.2) is 22.5 Å². The van der Waals surface area contributed by atoms with Gasteiger partial charge in [-0.1, -0.05) is 0 Å². The molecule has 0 radical (unpaired) electrons. The number of phenols is 1. The fraction of sp³-hybridized carbons (Fsp3) is 0.412. The Bertz CT molecular complexity index is 914. The molecule has 140 valence electrons. The molecule has 0 saturated heterocycles. The van der Waals surface area contributed by atoms with E-state index in [1.165, 1.54) is 0 Å². The minimum atomic E-state index is -2.83. The van der Waals surface area contributed by atoms with Crippen molar-refractivity contribution in [3.63, 3.8) is 0 Å². The van der Waals surface area contributed by atoms with E-state index in [1.807, 2.05) is 0 Å². The Morgan fingerprint density at radius 3 is 2.50 bits per heavy atom. The van der Waals surface area contributed by atoms with E-state index in [2.05, 4.69) is 5.32 Å². The summed E-state index contributed by atoms with van der Waals surface area (Å²) in [5, 5.41) is 22.1. The number of carbonyl (C=O) groups is 1. The average molecular weight is 371 g/mol. The Morgan fingerprint density at radius 2 is 1.85 bits per heavy atom. The van der Waals surface area contributed by atoms with Crippen LogP contribution in [0.5, 0.6) is 5.75 Å². The van der Waals surface area contributed by atoms with Crippen molar-refractivity contribution in [3.05, 3.63) is 40.0 Å². The van der Waals surface area contributed by atoms with E-state index in [9.17, 15) is 33.0 Å². The van der Waals surface area contributed by atoms with Gasteiger partial charge >= 0.3 is 0 Å². The number of nitrogens with one attached hydrogen (secondary N) is 1. The predicted octanol–water partition coefficient (Wildman–Crippen LogP) is 2.31. The summed E-state index contributed by atoms with van der Waals surface area (Å²) in [6.07, 6.45) is -1.32. The van der Waals surface area contributed by atoms with Crippen LogP contribution in [0.1, 0.15) is 36.2 Å². The van der Waals surface area contributed by atoms with Crippen molar-refractivity contribution in [2.24, 2.45) is 0 Å². The molecular weight excluding hydrogens is 355 g/mol. The first kappa shape index (κ1) is 18.2. The molecule has 0 unspecified atom stereocenters. The lowest BCUT2D eigenvalue weighted by Gasteiger charge is -2.35. The van der Waals surface area contributed by atoms with Crippen LogP contribution in [-0.2, 0) is 0 Å². The highest BCUT2D eigenvalue weighted by Gasteiger charge is 2.42. The molecule has 3 rings (SSSR count). The molecular formula is C17H16F3NO5. The van der Waals surface area contributed by atoms with Gasteiger partial charge in [-0.15, -0.1) is 0 Å². The van der Waals surface area contributed by atoms with Crippen molar-refractivity contribution >= 4 is 16.9 Å². The van der Waals surface area contributed by atoms with Crippen LogP contribution in [0.4, 0.5) is 13.2 Å². The van der Waals surface area contributed by atoms with Crippen LogP contribution in [0.25, 0.3) is 11.0 Å². The number of hydrogen-bond donors (Lipinski definition) is 3. The number of carbonyl (C=O) groups excluding carboxylic acids is 1. The largest absolute Gasteiger partial charge is 0.504 e. The molecule has 1 heterocycles. The van der Waals surface area contributed by atoms with E-state index in [-0.39, 0.29) is 30.4 Å². The first-order valence-electron chi connectivity index (χ1n) is 7.93. The molecule has 0 spiro atoms. The molecule has 1 saturated carbocycles. The third kappa shape index (κ3) is 3.67. The average Bonchev–Trinajstić information content (AvgIpc) is 2.57. The second kappa shape index (κ2) is 6.31. The molecule has 0 bridgehead atoms. The third-order valence-corrected chi connectivity index (χ3v) is 4.49. The molecule has 0 aliphatic heterocycles. The number of rotatable bonds is 3. The van der Waals surface area contributed by atoms with E-state index < -0.39 is 53.0 Å². The van der Waals surface area contributed by atoms with E-state index in [1.54, 1.807) is 0 Å². The maximum Gasteiger partial charge on any atom is 0.287 e. The molecule has 9 heteroatoms. The van der Waals surface area contributed by atoms with E-state index >= 15 is 0 Å². The van der Waals surface area contributed by atoms with Crippen LogP contribution >= 0.6 is 0 Å². The highest BCUT2D eigenvalue weighted by Crippen LogP contribution is 2.38. The molecule has 1 aliphatic rings. The summed E-state index contributed by atoms with van der Waals surface area (Å²) in [5.41, 5.74) is -2.55. The highest BCUT2D eigenvalue weighted by atomic mass is 19.3. The molecule has 1 amide bonds. The lowest BCUT2D eigenvalue weighted by atomic mass is 9.83. The number of hydrogen-bond acceptors (Lipinski definition) is 5. The minimum absolute atomic E-state index is 0.179. The molecule has 0 atom stereocenters. The monoisotopic (exact) mass is 371 g/mol. The van der Waals surface area contributed by atoms with Crippen molar-refractivity contribution in [2.45, 2.75) is 37.2 Å². The zero-order valence-electron chi connectivity index (χ0n) is 13.5. The quantitative estimate of drug-likeness (QED) is 0.769. The first-order chi connectivity index (χ1) is 12.1. The van der Waals surface area contributed by atoms with Gasteiger partial charge in [-0.25, -0.2) is 13.2 Å². The molecule has 26 heavy (non-hydrogen) atoms. The van der Waals surface area contributed by atoms with Crippen molar-refractivity contribution < 1.29 is 32.6 Å². The third-order valence-electron chi connectivity index (χ3n) is 4.49. The molecule has 3 N–H and O–H groups in total. The second-order valence-corrected chi connectivity index (χ2v) is 6.54. The van der Waals surface area contributed by atoms with Crippen LogP contribution in [0.3, 0.4) is 0 Å². The number of benzene rings is 1. The Labute approximate surface area is 145 Å². The zero-order valence-corrected chi connectivity index (χ0v) is 13.5. The summed E-state index contributed by atoms with van der Waals surface area (Å²) in [4.78, 5) is 24.2. The van der Waals surface area contributed by atoms with Gasteiger partial charge in [0.2, 0.25) is 5.92 Å². The topological polar surface area (TPSA) is 99.8 Å². The van der Waals surface area contributed by atoms with Crippen LogP contribution < -0.4 is 10.7 Å². The highest BCUT2D eigenvalue weighted by molar-refractivity contribution is 5.93. The van der Waals surface area contributed by atoms with Crippen LogP contribution in [-0.4, -0.2) is 34.2 Å². The van der Waals surface area contributed by atoms with Crippen molar-refractivity contribution in [1.82, 2.24) is 5.32 Å². The number of aliphatic hydroxyl groups is 1. The van der Waals surface area contributed by atoms with Gasteiger partial charge in [0.1, 0.15) is 5.82 Å². The first-order valence-corrected chi connectivity index (χ1v) is 7.93. The SMILES string of the molecule is O=C(NCC1(O)CCC(F)(F)CC1)c1cc(=O)c2cc(F)cc(O)c2o1. The van der Waals surface area contributed by atoms with Gasteiger partial charge in [0.05, 0.1) is 11.0 Å². The van der Waals surface area contributed by atoms with Crippen LogP contribution in [0, 0.1) is 5.82 Å². The summed E-state index contributed by atoms with van der Waals surface area (Å²) >= 11 is 0. The smallest absolute Gasteiger partial charge is 0.287 e. The lowest BCUT2D eigenvalue weighted by Crippen LogP contribution is -2.47. The normalized spacial score (nSPS) is 18.6. The molecule has 1 aromatic carbocycles. The number of alkyl halides is 2. The van der Waals surface area contributed by atoms with Gasteiger partial charge in [-0.2, -0.15) is 0 Å². The predicted molar refractivity (Wildman–Crippen MR) is 84.8 cm³/mol. The number of halogens is 3. The van der Waals surface area contributed by atoms with E-state index in [4.69, 9.17) is 4.42 Å². The molecule has 1 fully saturated rings. The Morgan fingerprint density at radius 1 is 1.19 bits per heavy atom. The number of phenolic OH excluding ortho intramolecular Hbond substituents is 1. The number of fused-ring (bicyclic) bond motifs is 1. The van der Waals surface area contributed by atoms with Crippen molar-refractivity contribution in [2.75, 3.05) is 6.54 Å². The van der Waals surface area contributed by atoms with Gasteiger partial charge in [0, 0.05) is 31.5 Å². The summed E-state index contributed by atoms with van der Waals surface area (Å²) < 4.78 is 44.8. The van der Waals surface area contributed by atoms with Gasteiger partial charge in [-0.05, 0) is 18.9 Å². The summed E-state index contributed by atoms with van der Waals surface area (Å²) in [7, 11) is 0. The Balaban J connectivity index is 1.77. The van der Waals surface area contributed by atoms with Crippen LogP contribution in [0.2, 0.25) is 0 Å². The standard InChI is InChI=1S/C17H16F3NO5/c18-9-5-10-11(22)7-13(26-14(10)12(23)6-9)15(24)21-8-16(25)1-3-17(19,20)4-2-16/h5-7,23,25H,1-4,8H2,(H,21,24). The van der Waals surface area contributed by atoms with E-state index in [0.717, 1.165) is 18.2 Å². The maximum atomic E-state index is 13.3. The Hall–Kier alpha value is -2.55. The fourth-order valence-electron chi connectivity index (χ4n) is 2.91. The summed E-state index contributed by atoms with van der Waals surface area (Å²) in [6, 6.07) is 2.43. The second-order valence-electron chi connectivity index (χ2n) is 6.54. The van der Waals surface area contributed by atoms with Gasteiger partial charge in [-0.3, -0.25) is 9.59 Å². The molecule has 1 aromatic heterocycles. The molecule has 2 aromatic rings. The van der Waals surface area contributed by atoms with E-state index in [0.29, 0.717) is 0 Å². The zero-order chi connectivity index (χ0) is 19.1. The van der Waals surface area contributed by atoms with Gasteiger partial charge < -0.3 is 19.9 Å². The molecule has 6 nitrogen and oxygen atoms in total. The molecule has 1 aliphatic carbocycles. The number of amides is 1. The minimum Gasteiger partial charge on any atom is -0.504 e.